The van der Waals surface area contributed by atoms with E-state index in [9.17, 15) is 4.79 Å². The molecular weight excluding hydrogens is 242 g/mol. The maximum absolute atomic E-state index is 11.7. The zero-order valence-electron chi connectivity index (χ0n) is 11.1. The van der Waals surface area contributed by atoms with Gasteiger partial charge in [0.2, 0.25) is 5.91 Å². The third-order valence-electron chi connectivity index (χ3n) is 3.84. The Labute approximate surface area is 111 Å². The SMILES string of the molecule is COc1ccc2[nH]c3c(c2c1)CCN(C)C3C(N)=O. The molecule has 5 heteroatoms. The van der Waals surface area contributed by atoms with Gasteiger partial charge in [-0.1, -0.05) is 0 Å². The van der Waals surface area contributed by atoms with Crippen LogP contribution in [0.1, 0.15) is 17.3 Å². The Morgan fingerprint density at radius 3 is 3.00 bits per heavy atom. The number of ether oxygens (including phenoxy) is 1. The summed E-state index contributed by atoms with van der Waals surface area (Å²) < 4.78 is 5.26. The van der Waals surface area contributed by atoms with Crippen LogP contribution >= 0.6 is 0 Å². The summed E-state index contributed by atoms with van der Waals surface area (Å²) in [6.07, 6.45) is 0.906. The number of methoxy groups -OCH3 is 1. The van der Waals surface area contributed by atoms with Gasteiger partial charge in [0.15, 0.2) is 0 Å². The minimum Gasteiger partial charge on any atom is -0.497 e. The average Bonchev–Trinajstić information content (AvgIpc) is 2.74. The van der Waals surface area contributed by atoms with Gasteiger partial charge in [-0.2, -0.15) is 0 Å². The molecule has 100 valence electrons. The number of likely N-dealkylation sites (N-methyl/N-ethyl adjacent to an activating group) is 1. The van der Waals surface area contributed by atoms with Gasteiger partial charge in [0.1, 0.15) is 11.8 Å². The molecule has 1 atom stereocenters. The highest BCUT2D eigenvalue weighted by Crippen LogP contribution is 2.34. The van der Waals surface area contributed by atoms with Crippen LogP contribution in [0.15, 0.2) is 18.2 Å². The summed E-state index contributed by atoms with van der Waals surface area (Å²) >= 11 is 0. The van der Waals surface area contributed by atoms with Crippen LogP contribution in [0.3, 0.4) is 0 Å². The average molecular weight is 259 g/mol. The Morgan fingerprint density at radius 1 is 1.53 bits per heavy atom. The molecule has 1 unspecified atom stereocenters. The van der Waals surface area contributed by atoms with Crippen molar-refractivity contribution < 1.29 is 9.53 Å². The Balaban J connectivity index is 2.21. The molecule has 0 radical (unpaired) electrons. The standard InChI is InChI=1S/C14H17N3O2/c1-17-6-5-9-10-7-8(19-2)3-4-11(10)16-12(9)13(17)14(15)18/h3-4,7,13,16H,5-6H2,1-2H3,(H2,15,18). The van der Waals surface area contributed by atoms with Crippen LogP contribution in [-0.2, 0) is 11.2 Å². The van der Waals surface area contributed by atoms with E-state index in [4.69, 9.17) is 10.5 Å². The van der Waals surface area contributed by atoms with E-state index in [1.165, 1.54) is 5.56 Å². The summed E-state index contributed by atoms with van der Waals surface area (Å²) in [5.41, 5.74) is 8.64. The Hall–Kier alpha value is -2.01. The second-order valence-electron chi connectivity index (χ2n) is 4.96. The maximum atomic E-state index is 11.7. The van der Waals surface area contributed by atoms with Crippen LogP contribution in [0.2, 0.25) is 0 Å². The van der Waals surface area contributed by atoms with Gasteiger partial charge in [-0.25, -0.2) is 0 Å². The lowest BCUT2D eigenvalue weighted by molar-refractivity contribution is -0.123. The van der Waals surface area contributed by atoms with Crippen molar-refractivity contribution in [2.24, 2.45) is 5.73 Å². The number of nitrogens with two attached hydrogens (primary N) is 1. The molecule has 1 aromatic heterocycles. The van der Waals surface area contributed by atoms with Crippen LogP contribution in [0.5, 0.6) is 5.75 Å². The van der Waals surface area contributed by atoms with Gasteiger partial charge in [0.05, 0.1) is 7.11 Å². The van der Waals surface area contributed by atoms with E-state index in [1.807, 2.05) is 30.1 Å². The second kappa shape index (κ2) is 4.28. The van der Waals surface area contributed by atoms with E-state index < -0.39 is 0 Å². The lowest BCUT2D eigenvalue weighted by atomic mass is 9.97. The number of aromatic nitrogens is 1. The molecule has 3 rings (SSSR count). The molecule has 1 amide bonds. The molecule has 0 saturated carbocycles. The fraction of sp³-hybridized carbons (Fsp3) is 0.357. The van der Waals surface area contributed by atoms with Crippen molar-refractivity contribution in [3.8, 4) is 5.75 Å². The molecule has 2 aromatic rings. The van der Waals surface area contributed by atoms with E-state index in [-0.39, 0.29) is 11.9 Å². The quantitative estimate of drug-likeness (QED) is 0.851. The Morgan fingerprint density at radius 2 is 2.32 bits per heavy atom. The number of H-pyrrole nitrogens is 1. The van der Waals surface area contributed by atoms with Crippen LogP contribution < -0.4 is 10.5 Å². The lowest BCUT2D eigenvalue weighted by Crippen LogP contribution is -2.40. The number of carbonyl (C=O) groups excluding carboxylic acids is 1. The van der Waals surface area contributed by atoms with Crippen molar-refractivity contribution in [3.63, 3.8) is 0 Å². The monoisotopic (exact) mass is 259 g/mol. The summed E-state index contributed by atoms with van der Waals surface area (Å²) in [6.45, 7) is 0.824. The molecule has 19 heavy (non-hydrogen) atoms. The number of hydrogen-bond donors (Lipinski definition) is 2. The van der Waals surface area contributed by atoms with E-state index >= 15 is 0 Å². The Kier molecular flexibility index (Phi) is 2.71. The van der Waals surface area contributed by atoms with Crippen LogP contribution in [0, 0.1) is 0 Å². The topological polar surface area (TPSA) is 71.3 Å². The van der Waals surface area contributed by atoms with E-state index in [0.29, 0.717) is 0 Å². The minimum atomic E-state index is -0.373. The zero-order chi connectivity index (χ0) is 13.6. The van der Waals surface area contributed by atoms with Gasteiger partial charge in [0.25, 0.3) is 0 Å². The van der Waals surface area contributed by atoms with Crippen molar-refractivity contribution in [3.05, 3.63) is 29.5 Å². The van der Waals surface area contributed by atoms with Gasteiger partial charge in [-0.05, 0) is 37.2 Å². The van der Waals surface area contributed by atoms with E-state index in [0.717, 1.165) is 35.3 Å². The molecule has 0 saturated heterocycles. The van der Waals surface area contributed by atoms with Crippen molar-refractivity contribution in [1.29, 1.82) is 0 Å². The molecule has 0 spiro atoms. The van der Waals surface area contributed by atoms with E-state index in [1.54, 1.807) is 7.11 Å². The third kappa shape index (κ3) is 1.77. The summed E-state index contributed by atoms with van der Waals surface area (Å²) in [4.78, 5) is 17.0. The number of benzene rings is 1. The normalized spacial score (nSPS) is 19.4. The molecule has 1 aliphatic rings. The first kappa shape index (κ1) is 12.0. The highest BCUT2D eigenvalue weighted by Gasteiger charge is 2.31. The van der Waals surface area contributed by atoms with Crippen molar-refractivity contribution in [2.75, 3.05) is 20.7 Å². The van der Waals surface area contributed by atoms with Gasteiger partial charge in [-0.15, -0.1) is 0 Å². The molecule has 5 nitrogen and oxygen atoms in total. The predicted octanol–water partition coefficient (Wildman–Crippen LogP) is 1.19. The Bertz CT molecular complexity index is 647. The number of rotatable bonds is 2. The first-order chi connectivity index (χ1) is 9.11. The van der Waals surface area contributed by atoms with Crippen LogP contribution in [-0.4, -0.2) is 36.5 Å². The third-order valence-corrected chi connectivity index (χ3v) is 3.84. The number of hydrogen-bond acceptors (Lipinski definition) is 3. The molecule has 1 aromatic carbocycles. The zero-order valence-corrected chi connectivity index (χ0v) is 11.1. The summed E-state index contributed by atoms with van der Waals surface area (Å²) in [5.74, 6) is 0.505. The first-order valence-electron chi connectivity index (χ1n) is 6.30. The number of nitrogens with one attached hydrogen (secondary N) is 1. The van der Waals surface area contributed by atoms with Crippen molar-refractivity contribution >= 4 is 16.8 Å². The fourth-order valence-electron chi connectivity index (χ4n) is 2.87. The lowest BCUT2D eigenvalue weighted by Gasteiger charge is -2.30. The van der Waals surface area contributed by atoms with Crippen molar-refractivity contribution in [1.82, 2.24) is 9.88 Å². The summed E-state index contributed by atoms with van der Waals surface area (Å²) in [7, 11) is 3.57. The van der Waals surface area contributed by atoms with E-state index in [2.05, 4.69) is 4.98 Å². The molecule has 3 N–H and O–H groups in total. The maximum Gasteiger partial charge on any atom is 0.240 e. The highest BCUT2D eigenvalue weighted by atomic mass is 16.5. The molecule has 0 fully saturated rings. The number of carbonyl (C=O) groups is 1. The van der Waals surface area contributed by atoms with Crippen LogP contribution in [0.4, 0.5) is 0 Å². The number of fused-ring (bicyclic) bond motifs is 3. The van der Waals surface area contributed by atoms with Gasteiger partial charge >= 0.3 is 0 Å². The van der Waals surface area contributed by atoms with Gasteiger partial charge in [-0.3, -0.25) is 9.69 Å². The number of nitrogens with zero attached hydrogens (tertiary/aromatic N) is 1. The molecule has 2 heterocycles. The first-order valence-corrected chi connectivity index (χ1v) is 6.30. The summed E-state index contributed by atoms with van der Waals surface area (Å²) in [5, 5.41) is 1.12. The number of amides is 1. The number of aromatic amines is 1. The molecular formula is C14H17N3O2. The van der Waals surface area contributed by atoms with Gasteiger partial charge < -0.3 is 15.5 Å². The highest BCUT2D eigenvalue weighted by molar-refractivity contribution is 5.90. The largest absolute Gasteiger partial charge is 0.497 e. The smallest absolute Gasteiger partial charge is 0.240 e. The molecule has 0 aliphatic carbocycles. The van der Waals surface area contributed by atoms with Crippen LogP contribution in [0.25, 0.3) is 10.9 Å². The molecule has 1 aliphatic heterocycles. The van der Waals surface area contributed by atoms with Crippen molar-refractivity contribution in [2.45, 2.75) is 12.5 Å². The summed E-state index contributed by atoms with van der Waals surface area (Å²) in [6, 6.07) is 5.52. The second-order valence-corrected chi connectivity index (χ2v) is 4.96. The fourth-order valence-corrected chi connectivity index (χ4v) is 2.87. The molecule has 0 bridgehead atoms. The predicted molar refractivity (Wildman–Crippen MR) is 73.1 cm³/mol. The van der Waals surface area contributed by atoms with Gasteiger partial charge in [0, 0.05) is 23.1 Å². The minimum absolute atomic E-state index is 0.318. The number of primary amides is 1.